The van der Waals surface area contributed by atoms with Gasteiger partial charge in [-0.15, -0.1) is 0 Å². The number of hydrogen-bond donors (Lipinski definition) is 1. The zero-order valence-electron chi connectivity index (χ0n) is 23.4. The molecule has 1 aliphatic rings. The van der Waals surface area contributed by atoms with Crippen LogP contribution in [0.4, 0.5) is 10.7 Å². The lowest BCUT2D eigenvalue weighted by molar-refractivity contribution is -0.144. The van der Waals surface area contributed by atoms with Gasteiger partial charge in [0, 0.05) is 24.2 Å². The monoisotopic (exact) mass is 590 g/mol. The molecule has 11 nitrogen and oxygen atoms in total. The van der Waals surface area contributed by atoms with E-state index in [1.807, 2.05) is 43.9 Å². The third-order valence-electron chi connectivity index (χ3n) is 6.30. The molecule has 3 heterocycles. The van der Waals surface area contributed by atoms with E-state index in [0.29, 0.717) is 29.2 Å². The SMILES string of the molecule is CCOC(=O)Cn1c(SC)nc2nc(N3CCC[C@@H](NC(=O)OC(C)(C)C)C3)n(Cc3ccccc3Cl)c2c1=O. The van der Waals surface area contributed by atoms with Crippen LogP contribution in [0.25, 0.3) is 11.2 Å². The van der Waals surface area contributed by atoms with Crippen LogP contribution in [0.15, 0.2) is 34.2 Å². The number of fused-ring (bicyclic) bond motifs is 1. The van der Waals surface area contributed by atoms with Crippen molar-refractivity contribution in [1.82, 2.24) is 24.4 Å². The van der Waals surface area contributed by atoms with Gasteiger partial charge < -0.3 is 19.7 Å². The summed E-state index contributed by atoms with van der Waals surface area (Å²) in [6.45, 7) is 8.53. The summed E-state index contributed by atoms with van der Waals surface area (Å²) >= 11 is 7.77. The molecule has 13 heteroatoms. The van der Waals surface area contributed by atoms with Gasteiger partial charge in [0.2, 0.25) is 5.95 Å². The molecule has 3 aromatic rings. The molecule has 2 aromatic heterocycles. The van der Waals surface area contributed by atoms with Crippen molar-refractivity contribution in [1.29, 1.82) is 0 Å². The molecule has 4 rings (SSSR count). The number of amides is 1. The van der Waals surface area contributed by atoms with Crippen molar-refractivity contribution in [2.24, 2.45) is 0 Å². The van der Waals surface area contributed by atoms with Gasteiger partial charge in [0.05, 0.1) is 13.2 Å². The number of aromatic nitrogens is 4. The lowest BCUT2D eigenvalue weighted by Gasteiger charge is -2.34. The summed E-state index contributed by atoms with van der Waals surface area (Å²) in [4.78, 5) is 50.2. The maximum absolute atomic E-state index is 13.9. The Labute approximate surface area is 242 Å². The van der Waals surface area contributed by atoms with Gasteiger partial charge in [0.25, 0.3) is 5.56 Å². The number of nitrogens with one attached hydrogen (secondary N) is 1. The van der Waals surface area contributed by atoms with Crippen LogP contribution in [0.2, 0.25) is 5.02 Å². The van der Waals surface area contributed by atoms with Crippen LogP contribution in [0.5, 0.6) is 0 Å². The van der Waals surface area contributed by atoms with Gasteiger partial charge in [0.15, 0.2) is 16.3 Å². The Hall–Kier alpha value is -3.25. The van der Waals surface area contributed by atoms with Gasteiger partial charge >= 0.3 is 12.1 Å². The van der Waals surface area contributed by atoms with E-state index in [2.05, 4.69) is 10.3 Å². The zero-order valence-corrected chi connectivity index (χ0v) is 25.0. The maximum Gasteiger partial charge on any atom is 0.407 e. The average molecular weight is 591 g/mol. The molecule has 0 spiro atoms. The molecule has 0 aliphatic carbocycles. The van der Waals surface area contributed by atoms with Crippen molar-refractivity contribution in [3.63, 3.8) is 0 Å². The highest BCUT2D eigenvalue weighted by atomic mass is 35.5. The van der Waals surface area contributed by atoms with Crippen molar-refractivity contribution in [2.45, 2.75) is 70.4 Å². The molecule has 0 unspecified atom stereocenters. The topological polar surface area (TPSA) is 121 Å². The van der Waals surface area contributed by atoms with Gasteiger partial charge in [-0.1, -0.05) is 41.6 Å². The first kappa shape index (κ1) is 29.7. The van der Waals surface area contributed by atoms with E-state index in [1.165, 1.54) is 16.3 Å². The number of ether oxygens (including phenoxy) is 2. The highest BCUT2D eigenvalue weighted by molar-refractivity contribution is 7.98. The molecule has 216 valence electrons. The van der Waals surface area contributed by atoms with Gasteiger partial charge in [-0.3, -0.25) is 18.7 Å². The fraction of sp³-hybridized carbons (Fsp3) is 0.519. The van der Waals surface area contributed by atoms with Crippen LogP contribution in [0.3, 0.4) is 0 Å². The predicted molar refractivity (Wildman–Crippen MR) is 155 cm³/mol. The standard InChI is InChI=1S/C27H35ClN6O5S/c1-6-38-20(35)16-34-23(36)21-22(31-25(34)40-5)30-24(33(21)14-17-10-7-8-12-19(17)28)32-13-9-11-18(15-32)29-26(37)39-27(2,3)4/h7-8,10,12,18H,6,9,11,13-16H2,1-5H3,(H,29,37)/t18-/m1/s1. The molecule has 1 N–H and O–H groups in total. The quantitative estimate of drug-likeness (QED) is 0.235. The van der Waals surface area contributed by atoms with Gasteiger partial charge in [0.1, 0.15) is 12.1 Å². The minimum atomic E-state index is -0.606. The molecule has 0 bridgehead atoms. The molecular formula is C27H35ClN6O5S. The molecule has 1 aliphatic heterocycles. The third-order valence-corrected chi connectivity index (χ3v) is 7.34. The number of carbonyl (C=O) groups is 2. The smallest absolute Gasteiger partial charge is 0.407 e. The number of anilines is 1. The summed E-state index contributed by atoms with van der Waals surface area (Å²) in [5.41, 5.74) is 0.341. The number of piperidine rings is 1. The van der Waals surface area contributed by atoms with E-state index in [4.69, 9.17) is 26.1 Å². The van der Waals surface area contributed by atoms with Crippen molar-refractivity contribution >= 4 is 52.5 Å². The van der Waals surface area contributed by atoms with Gasteiger partial charge in [-0.2, -0.15) is 4.98 Å². The third kappa shape index (κ3) is 6.90. The van der Waals surface area contributed by atoms with Crippen LogP contribution in [-0.4, -0.2) is 68.8 Å². The maximum atomic E-state index is 13.9. The van der Waals surface area contributed by atoms with Crippen LogP contribution in [0, 0.1) is 0 Å². The second kappa shape index (κ2) is 12.5. The lowest BCUT2D eigenvalue weighted by atomic mass is 10.1. The Bertz CT molecular complexity index is 1450. The first-order valence-electron chi connectivity index (χ1n) is 13.2. The van der Waals surface area contributed by atoms with E-state index in [-0.39, 0.29) is 36.9 Å². The van der Waals surface area contributed by atoms with Crippen LogP contribution >= 0.6 is 23.4 Å². The molecule has 40 heavy (non-hydrogen) atoms. The highest BCUT2D eigenvalue weighted by Gasteiger charge is 2.29. The Morgan fingerprint density at radius 3 is 2.62 bits per heavy atom. The number of carbonyl (C=O) groups excluding carboxylic acids is 2. The Balaban J connectivity index is 1.78. The highest BCUT2D eigenvalue weighted by Crippen LogP contribution is 2.27. The van der Waals surface area contributed by atoms with Crippen LogP contribution in [0.1, 0.15) is 46.1 Å². The lowest BCUT2D eigenvalue weighted by Crippen LogP contribution is -2.49. The fourth-order valence-corrected chi connectivity index (χ4v) is 5.39. The molecule has 0 radical (unpaired) electrons. The number of benzene rings is 1. The number of alkyl carbamates (subject to hydrolysis) is 1. The van der Waals surface area contributed by atoms with E-state index in [9.17, 15) is 14.4 Å². The molecule has 1 aromatic carbocycles. The number of esters is 1. The van der Waals surface area contributed by atoms with E-state index in [0.717, 1.165) is 18.4 Å². The summed E-state index contributed by atoms with van der Waals surface area (Å²) in [6.07, 6.45) is 2.89. The van der Waals surface area contributed by atoms with Gasteiger partial charge in [-0.05, 0) is 58.4 Å². The Morgan fingerprint density at radius 2 is 1.95 bits per heavy atom. The normalized spacial score (nSPS) is 15.8. The molecule has 1 saturated heterocycles. The van der Waals surface area contributed by atoms with Gasteiger partial charge in [-0.25, -0.2) is 9.78 Å². The predicted octanol–water partition coefficient (Wildman–Crippen LogP) is 4.07. The fourth-order valence-electron chi connectivity index (χ4n) is 4.65. The van der Waals surface area contributed by atoms with E-state index in [1.54, 1.807) is 23.8 Å². The molecule has 1 atom stereocenters. The minimum absolute atomic E-state index is 0.174. The second-order valence-corrected chi connectivity index (χ2v) is 11.7. The molecule has 0 saturated carbocycles. The summed E-state index contributed by atoms with van der Waals surface area (Å²) in [7, 11) is 0. The first-order chi connectivity index (χ1) is 19.0. The summed E-state index contributed by atoms with van der Waals surface area (Å²) < 4.78 is 13.7. The largest absolute Gasteiger partial charge is 0.465 e. The summed E-state index contributed by atoms with van der Waals surface area (Å²) in [5.74, 6) is 0.0154. The number of hydrogen-bond acceptors (Lipinski definition) is 9. The summed E-state index contributed by atoms with van der Waals surface area (Å²) in [6, 6.07) is 7.23. The Kier molecular flexibility index (Phi) is 9.29. The summed E-state index contributed by atoms with van der Waals surface area (Å²) in [5, 5.41) is 3.88. The van der Waals surface area contributed by atoms with Crippen LogP contribution in [-0.2, 0) is 27.4 Å². The average Bonchev–Trinajstić information content (AvgIpc) is 3.24. The van der Waals surface area contributed by atoms with E-state index < -0.39 is 23.2 Å². The minimum Gasteiger partial charge on any atom is -0.465 e. The zero-order chi connectivity index (χ0) is 29.0. The number of nitrogens with zero attached hydrogens (tertiary/aromatic N) is 5. The number of rotatable bonds is 8. The van der Waals surface area contributed by atoms with Crippen molar-refractivity contribution in [3.05, 3.63) is 45.2 Å². The van der Waals surface area contributed by atoms with Crippen molar-refractivity contribution in [3.8, 4) is 0 Å². The number of imidazole rings is 1. The Morgan fingerprint density at radius 1 is 1.20 bits per heavy atom. The molecular weight excluding hydrogens is 556 g/mol. The second-order valence-electron chi connectivity index (χ2n) is 10.5. The number of halogens is 1. The van der Waals surface area contributed by atoms with Crippen molar-refractivity contribution in [2.75, 3.05) is 30.9 Å². The first-order valence-corrected chi connectivity index (χ1v) is 14.8. The van der Waals surface area contributed by atoms with E-state index >= 15 is 0 Å². The number of thioether (sulfide) groups is 1. The molecule has 1 amide bonds. The van der Waals surface area contributed by atoms with Crippen LogP contribution < -0.4 is 15.8 Å². The van der Waals surface area contributed by atoms with Crippen molar-refractivity contribution < 1.29 is 19.1 Å². The molecule has 1 fully saturated rings.